The number of benzene rings is 1. The molecule has 1 fully saturated rings. The van der Waals surface area contributed by atoms with Crippen LogP contribution in [-0.4, -0.2) is 33.2 Å². The van der Waals surface area contributed by atoms with Gasteiger partial charge in [-0.05, 0) is 28.1 Å². The predicted octanol–water partition coefficient (Wildman–Crippen LogP) is 0.280. The fourth-order valence-electron chi connectivity index (χ4n) is 2.72. The molecule has 1 aliphatic heterocycles. The van der Waals surface area contributed by atoms with E-state index in [1.54, 1.807) is 15.9 Å². The molecular weight excluding hydrogens is 295 g/mol. The zero-order chi connectivity index (χ0) is 13.1. The number of rotatable bonds is 3. The Morgan fingerprint density at radius 1 is 1.39 bits per heavy atom. The molecule has 1 saturated heterocycles. The van der Waals surface area contributed by atoms with Crippen LogP contribution < -0.4 is 9.80 Å². The molecule has 1 heterocycles. The highest BCUT2D eigenvalue weighted by Crippen LogP contribution is 2.16. The van der Waals surface area contributed by atoms with Crippen molar-refractivity contribution in [2.45, 2.75) is 25.4 Å². The van der Waals surface area contributed by atoms with Gasteiger partial charge in [0.05, 0.1) is 37.7 Å². The lowest BCUT2D eigenvalue weighted by atomic mass is 10.0. The highest BCUT2D eigenvalue weighted by Gasteiger charge is 2.25. The molecule has 1 aromatic rings. The van der Waals surface area contributed by atoms with E-state index < -0.39 is 0 Å². The van der Waals surface area contributed by atoms with Gasteiger partial charge in [0, 0.05) is 18.4 Å². The average molecular weight is 317 g/mol. The second kappa shape index (κ2) is 6.13. The third kappa shape index (κ3) is 3.53. The number of hydrogen-bond donors (Lipinski definition) is 2. The first kappa shape index (κ1) is 14.0. The lowest BCUT2D eigenvalue weighted by Crippen LogP contribution is -3.17. The van der Waals surface area contributed by atoms with Gasteiger partial charge in [-0.1, -0.05) is 6.07 Å². The number of halogens is 2. The van der Waals surface area contributed by atoms with Crippen LogP contribution in [0.25, 0.3) is 0 Å². The molecule has 0 radical (unpaired) electrons. The third-order valence-corrected chi connectivity index (χ3v) is 4.61. The third-order valence-electron chi connectivity index (χ3n) is 4.00. The van der Waals surface area contributed by atoms with E-state index in [2.05, 4.69) is 30.0 Å². The van der Waals surface area contributed by atoms with E-state index in [1.807, 2.05) is 12.1 Å². The molecule has 0 bridgehead atoms. The van der Waals surface area contributed by atoms with Crippen molar-refractivity contribution in [3.63, 3.8) is 0 Å². The largest absolute Gasteiger partial charge is 0.337 e. The number of nitrogens with one attached hydrogen (secondary N) is 2. The van der Waals surface area contributed by atoms with Gasteiger partial charge in [0.2, 0.25) is 0 Å². The first-order chi connectivity index (χ1) is 8.56. The number of piperidine rings is 1. The van der Waals surface area contributed by atoms with Crippen LogP contribution in [0.1, 0.15) is 18.4 Å². The first-order valence-electron chi connectivity index (χ1n) is 6.64. The lowest BCUT2D eigenvalue weighted by Gasteiger charge is -2.30. The van der Waals surface area contributed by atoms with Gasteiger partial charge in [-0.2, -0.15) is 0 Å². The van der Waals surface area contributed by atoms with E-state index in [4.69, 9.17) is 0 Å². The fourth-order valence-corrected chi connectivity index (χ4v) is 3.15. The smallest absolute Gasteiger partial charge is 0.137 e. The summed E-state index contributed by atoms with van der Waals surface area (Å²) in [7, 11) is 4.52. The molecule has 18 heavy (non-hydrogen) atoms. The number of quaternary nitrogens is 2. The molecular formula is C14H22BrFN2+2. The van der Waals surface area contributed by atoms with Crippen molar-refractivity contribution in [1.29, 1.82) is 0 Å². The van der Waals surface area contributed by atoms with E-state index in [9.17, 15) is 4.39 Å². The van der Waals surface area contributed by atoms with Gasteiger partial charge in [0.25, 0.3) is 0 Å². The van der Waals surface area contributed by atoms with Gasteiger partial charge in [-0.25, -0.2) is 4.39 Å². The molecule has 100 valence electrons. The molecule has 1 atom stereocenters. The molecule has 0 aromatic heterocycles. The number of hydrogen-bond acceptors (Lipinski definition) is 0. The molecule has 2 nitrogen and oxygen atoms in total. The molecule has 2 rings (SSSR count). The maximum atomic E-state index is 13.2. The normalized spacial score (nSPS) is 26.0. The van der Waals surface area contributed by atoms with E-state index in [1.165, 1.54) is 31.5 Å². The Labute approximate surface area is 117 Å². The van der Waals surface area contributed by atoms with Crippen molar-refractivity contribution in [3.8, 4) is 0 Å². The minimum atomic E-state index is -0.181. The van der Waals surface area contributed by atoms with Gasteiger partial charge in [-0.3, -0.25) is 0 Å². The molecule has 0 saturated carbocycles. The van der Waals surface area contributed by atoms with Gasteiger partial charge >= 0.3 is 0 Å². The van der Waals surface area contributed by atoms with Crippen LogP contribution in [0.3, 0.4) is 0 Å². The summed E-state index contributed by atoms with van der Waals surface area (Å²) < 4.78 is 13.7. The Kier molecular flexibility index (Phi) is 4.76. The molecule has 4 heteroatoms. The minimum Gasteiger partial charge on any atom is -0.337 e. The fraction of sp³-hybridized carbons (Fsp3) is 0.571. The molecule has 0 amide bonds. The van der Waals surface area contributed by atoms with Crippen LogP contribution in [0.2, 0.25) is 0 Å². The summed E-state index contributed by atoms with van der Waals surface area (Å²) in [5, 5.41) is 0. The quantitative estimate of drug-likeness (QED) is 0.793. The van der Waals surface area contributed by atoms with Crippen LogP contribution >= 0.6 is 15.9 Å². The standard InChI is InChI=1S/C14H20BrFN2/c1-17-7-5-12(6-8-17)18(2)10-11-3-4-14(16)13(15)9-11/h3-4,9,12H,5-8,10H2,1-2H3/p+2. The highest BCUT2D eigenvalue weighted by molar-refractivity contribution is 9.10. The molecule has 1 aliphatic rings. The summed E-state index contributed by atoms with van der Waals surface area (Å²) >= 11 is 3.25. The topological polar surface area (TPSA) is 8.88 Å². The van der Waals surface area contributed by atoms with Crippen LogP contribution in [0, 0.1) is 5.82 Å². The summed E-state index contributed by atoms with van der Waals surface area (Å²) in [5.74, 6) is -0.181. The van der Waals surface area contributed by atoms with Crippen molar-refractivity contribution in [2.75, 3.05) is 27.2 Å². The first-order valence-corrected chi connectivity index (χ1v) is 7.43. The van der Waals surface area contributed by atoms with E-state index in [0.717, 1.165) is 12.6 Å². The molecule has 1 unspecified atom stereocenters. The Hall–Kier alpha value is -0.450. The second-order valence-electron chi connectivity index (χ2n) is 5.50. The summed E-state index contributed by atoms with van der Waals surface area (Å²) in [6.45, 7) is 3.52. The van der Waals surface area contributed by atoms with Crippen LogP contribution in [-0.2, 0) is 6.54 Å². The lowest BCUT2D eigenvalue weighted by molar-refractivity contribution is -0.948. The van der Waals surface area contributed by atoms with E-state index in [0.29, 0.717) is 4.47 Å². The zero-order valence-electron chi connectivity index (χ0n) is 11.1. The van der Waals surface area contributed by atoms with E-state index in [-0.39, 0.29) is 5.82 Å². The Bertz CT molecular complexity index is 403. The molecule has 2 N–H and O–H groups in total. The van der Waals surface area contributed by atoms with Gasteiger partial charge in [-0.15, -0.1) is 0 Å². The van der Waals surface area contributed by atoms with Crippen molar-refractivity contribution >= 4 is 15.9 Å². The summed E-state index contributed by atoms with van der Waals surface area (Å²) in [6, 6.07) is 6.09. The monoisotopic (exact) mass is 316 g/mol. The Morgan fingerprint density at radius 2 is 2.06 bits per heavy atom. The Balaban J connectivity index is 1.94. The van der Waals surface area contributed by atoms with Crippen LogP contribution in [0.15, 0.2) is 22.7 Å². The maximum Gasteiger partial charge on any atom is 0.137 e. The minimum absolute atomic E-state index is 0.181. The summed E-state index contributed by atoms with van der Waals surface area (Å²) in [5.41, 5.74) is 1.20. The van der Waals surface area contributed by atoms with E-state index >= 15 is 0 Å². The SMILES string of the molecule is C[NH+]1CCC([NH+](C)Cc2ccc(F)c(Br)c2)CC1. The molecule has 1 aromatic carbocycles. The average Bonchev–Trinajstić information content (AvgIpc) is 2.34. The maximum absolute atomic E-state index is 13.2. The van der Waals surface area contributed by atoms with Crippen molar-refractivity contribution in [3.05, 3.63) is 34.1 Å². The zero-order valence-corrected chi connectivity index (χ0v) is 12.7. The van der Waals surface area contributed by atoms with Crippen molar-refractivity contribution < 1.29 is 14.2 Å². The van der Waals surface area contributed by atoms with Crippen LogP contribution in [0.5, 0.6) is 0 Å². The van der Waals surface area contributed by atoms with Crippen LogP contribution in [0.4, 0.5) is 4.39 Å². The second-order valence-corrected chi connectivity index (χ2v) is 6.36. The molecule has 0 spiro atoms. The van der Waals surface area contributed by atoms with Gasteiger partial charge < -0.3 is 9.80 Å². The van der Waals surface area contributed by atoms with Crippen molar-refractivity contribution in [1.82, 2.24) is 0 Å². The summed E-state index contributed by atoms with van der Waals surface area (Å²) in [4.78, 5) is 3.18. The Morgan fingerprint density at radius 3 is 2.67 bits per heavy atom. The molecule has 0 aliphatic carbocycles. The van der Waals surface area contributed by atoms with Gasteiger partial charge in [0.1, 0.15) is 12.4 Å². The predicted molar refractivity (Wildman–Crippen MR) is 74.3 cm³/mol. The van der Waals surface area contributed by atoms with Gasteiger partial charge in [0.15, 0.2) is 0 Å². The number of likely N-dealkylation sites (tertiary alicyclic amines) is 1. The van der Waals surface area contributed by atoms with Crippen molar-refractivity contribution in [2.24, 2.45) is 0 Å². The highest BCUT2D eigenvalue weighted by atomic mass is 79.9. The summed E-state index contributed by atoms with van der Waals surface area (Å²) in [6.07, 6.45) is 2.58.